The molecule has 124 valence electrons. The zero-order valence-electron chi connectivity index (χ0n) is 13.7. The summed E-state index contributed by atoms with van der Waals surface area (Å²) in [5.74, 6) is -0.0145. The number of benzene rings is 2. The zero-order valence-corrected chi connectivity index (χ0v) is 13.7. The lowest BCUT2D eigenvalue weighted by Gasteiger charge is -2.12. The molecule has 0 radical (unpaired) electrons. The first-order chi connectivity index (χ1) is 12.0. The van der Waals surface area contributed by atoms with Crippen LogP contribution in [0.4, 0.5) is 4.39 Å². The average molecular weight is 334 g/mol. The van der Waals surface area contributed by atoms with Gasteiger partial charge in [-0.25, -0.2) is 4.39 Å². The van der Waals surface area contributed by atoms with Crippen molar-refractivity contribution in [3.8, 4) is 40.0 Å². The van der Waals surface area contributed by atoms with Gasteiger partial charge >= 0.3 is 0 Å². The number of aryl methyl sites for hydroxylation is 1. The van der Waals surface area contributed by atoms with Crippen molar-refractivity contribution in [3.63, 3.8) is 0 Å². The molecule has 0 amide bonds. The molecule has 0 aliphatic rings. The maximum absolute atomic E-state index is 13.6. The summed E-state index contributed by atoms with van der Waals surface area (Å²) in [4.78, 5) is 4.47. The molecule has 2 aromatic carbocycles. The molecule has 3 rings (SSSR count). The smallest absolute Gasteiger partial charge is 0.161 e. The van der Waals surface area contributed by atoms with Crippen LogP contribution >= 0.6 is 0 Å². The van der Waals surface area contributed by atoms with E-state index in [2.05, 4.69) is 11.1 Å². The molecule has 0 bridgehead atoms. The van der Waals surface area contributed by atoms with Gasteiger partial charge in [-0.3, -0.25) is 4.98 Å². The van der Waals surface area contributed by atoms with Crippen molar-refractivity contribution in [1.29, 1.82) is 5.26 Å². The Morgan fingerprint density at radius 3 is 2.60 bits per heavy atom. The van der Waals surface area contributed by atoms with Crippen LogP contribution in [-0.2, 0) is 0 Å². The largest absolute Gasteiger partial charge is 0.504 e. The van der Waals surface area contributed by atoms with Crippen molar-refractivity contribution < 1.29 is 14.2 Å². The molecule has 0 saturated carbocycles. The number of rotatable bonds is 3. The van der Waals surface area contributed by atoms with E-state index in [1.807, 2.05) is 0 Å². The Bertz CT molecular complexity index is 993. The normalized spacial score (nSPS) is 10.3. The van der Waals surface area contributed by atoms with Crippen molar-refractivity contribution in [2.45, 2.75) is 6.92 Å². The van der Waals surface area contributed by atoms with E-state index in [4.69, 9.17) is 4.74 Å². The SMILES string of the molecule is COc1cc(-c2cc(-c3cccc(F)c3)c(C#N)c(C)n2)ccc1O. The number of aromatic nitrogens is 1. The number of phenols is 1. The van der Waals surface area contributed by atoms with Crippen LogP contribution in [0.5, 0.6) is 11.5 Å². The molecule has 0 aliphatic carbocycles. The molecule has 0 atom stereocenters. The number of hydrogen-bond acceptors (Lipinski definition) is 4. The minimum atomic E-state index is -0.372. The zero-order chi connectivity index (χ0) is 18.0. The molecule has 0 spiro atoms. The van der Waals surface area contributed by atoms with Crippen LogP contribution in [0.1, 0.15) is 11.3 Å². The number of phenolic OH excluding ortho intramolecular Hbond substituents is 1. The maximum Gasteiger partial charge on any atom is 0.161 e. The van der Waals surface area contributed by atoms with E-state index >= 15 is 0 Å². The highest BCUT2D eigenvalue weighted by Gasteiger charge is 2.14. The molecular formula is C20H15FN2O2. The first-order valence-electron chi connectivity index (χ1n) is 7.58. The van der Waals surface area contributed by atoms with Crippen LogP contribution in [0.25, 0.3) is 22.4 Å². The third kappa shape index (κ3) is 3.15. The standard InChI is InChI=1S/C20H15FN2O2/c1-12-17(11-22)16(13-4-3-5-15(21)8-13)10-18(23-12)14-6-7-19(24)20(9-14)25-2/h3-10,24H,1-2H3. The number of ether oxygens (including phenoxy) is 1. The van der Waals surface area contributed by atoms with Crippen LogP contribution in [0.15, 0.2) is 48.5 Å². The van der Waals surface area contributed by atoms with E-state index < -0.39 is 0 Å². The van der Waals surface area contributed by atoms with E-state index in [-0.39, 0.29) is 11.6 Å². The summed E-state index contributed by atoms with van der Waals surface area (Å²) >= 11 is 0. The lowest BCUT2D eigenvalue weighted by molar-refractivity contribution is 0.373. The monoisotopic (exact) mass is 334 g/mol. The lowest BCUT2D eigenvalue weighted by Crippen LogP contribution is -1.96. The van der Waals surface area contributed by atoms with Gasteiger partial charge in [0.2, 0.25) is 0 Å². The topological polar surface area (TPSA) is 66.1 Å². The molecule has 0 saturated heterocycles. The molecule has 1 heterocycles. The van der Waals surface area contributed by atoms with Gasteiger partial charge in [0.1, 0.15) is 11.9 Å². The van der Waals surface area contributed by atoms with Gasteiger partial charge in [-0.15, -0.1) is 0 Å². The molecule has 0 fully saturated rings. The van der Waals surface area contributed by atoms with Crippen molar-refractivity contribution in [3.05, 3.63) is 65.6 Å². The van der Waals surface area contributed by atoms with Gasteiger partial charge in [-0.1, -0.05) is 12.1 Å². The quantitative estimate of drug-likeness (QED) is 0.768. The Labute approximate surface area is 144 Å². The lowest BCUT2D eigenvalue weighted by atomic mass is 9.97. The van der Waals surface area contributed by atoms with Crippen LogP contribution in [-0.4, -0.2) is 17.2 Å². The summed E-state index contributed by atoms with van der Waals surface area (Å²) in [5, 5.41) is 19.2. The van der Waals surface area contributed by atoms with Gasteiger partial charge in [0.05, 0.1) is 24.1 Å². The van der Waals surface area contributed by atoms with E-state index in [0.717, 1.165) is 5.56 Å². The Morgan fingerprint density at radius 1 is 1.12 bits per heavy atom. The van der Waals surface area contributed by atoms with Crippen molar-refractivity contribution in [2.75, 3.05) is 7.11 Å². The summed E-state index contributed by atoms with van der Waals surface area (Å²) in [7, 11) is 1.47. The first kappa shape index (κ1) is 16.5. The number of pyridine rings is 1. The third-order valence-corrected chi connectivity index (χ3v) is 3.92. The molecule has 0 aliphatic heterocycles. The van der Waals surface area contributed by atoms with Crippen LogP contribution < -0.4 is 4.74 Å². The van der Waals surface area contributed by atoms with Gasteiger partial charge in [0.15, 0.2) is 11.5 Å². The maximum atomic E-state index is 13.6. The summed E-state index contributed by atoms with van der Waals surface area (Å²) in [6.45, 7) is 1.74. The molecular weight excluding hydrogens is 319 g/mol. The predicted molar refractivity (Wildman–Crippen MR) is 92.7 cm³/mol. The molecule has 4 nitrogen and oxygen atoms in total. The molecule has 3 aromatic rings. The minimum Gasteiger partial charge on any atom is -0.504 e. The Morgan fingerprint density at radius 2 is 1.92 bits per heavy atom. The summed E-state index contributed by atoms with van der Waals surface area (Å²) in [6, 6.07) is 14.9. The highest BCUT2D eigenvalue weighted by molar-refractivity contribution is 5.77. The molecule has 25 heavy (non-hydrogen) atoms. The second-order valence-electron chi connectivity index (χ2n) is 5.52. The van der Waals surface area contributed by atoms with Crippen molar-refractivity contribution >= 4 is 0 Å². The fourth-order valence-corrected chi connectivity index (χ4v) is 2.68. The number of hydrogen-bond donors (Lipinski definition) is 1. The minimum absolute atomic E-state index is 0.0296. The number of halogens is 1. The van der Waals surface area contributed by atoms with Crippen LogP contribution in [0, 0.1) is 24.1 Å². The summed E-state index contributed by atoms with van der Waals surface area (Å²) in [6.07, 6.45) is 0. The van der Waals surface area contributed by atoms with Crippen molar-refractivity contribution in [2.24, 2.45) is 0 Å². The average Bonchev–Trinajstić information content (AvgIpc) is 2.61. The van der Waals surface area contributed by atoms with Gasteiger partial charge < -0.3 is 9.84 Å². The van der Waals surface area contributed by atoms with Crippen LogP contribution in [0.2, 0.25) is 0 Å². The number of methoxy groups -OCH3 is 1. The van der Waals surface area contributed by atoms with Gasteiger partial charge in [-0.05, 0) is 48.9 Å². The van der Waals surface area contributed by atoms with E-state index in [1.54, 1.807) is 37.3 Å². The highest BCUT2D eigenvalue weighted by Crippen LogP contribution is 2.34. The second kappa shape index (κ2) is 6.62. The van der Waals surface area contributed by atoms with Crippen LogP contribution in [0.3, 0.4) is 0 Å². The van der Waals surface area contributed by atoms with E-state index in [9.17, 15) is 14.8 Å². The van der Waals surface area contributed by atoms with Gasteiger partial charge in [-0.2, -0.15) is 5.26 Å². The fraction of sp³-hybridized carbons (Fsp3) is 0.100. The van der Waals surface area contributed by atoms with E-state index in [0.29, 0.717) is 33.8 Å². The van der Waals surface area contributed by atoms with Gasteiger partial charge in [0, 0.05) is 11.1 Å². The predicted octanol–water partition coefficient (Wildman–Crippen LogP) is 4.45. The molecule has 1 N–H and O–H groups in total. The molecule has 5 heteroatoms. The molecule has 1 aromatic heterocycles. The Balaban J connectivity index is 2.22. The number of nitriles is 1. The number of aromatic hydroxyl groups is 1. The van der Waals surface area contributed by atoms with Gasteiger partial charge in [0.25, 0.3) is 0 Å². The molecule has 0 unspecified atom stereocenters. The Hall–Kier alpha value is -3.39. The highest BCUT2D eigenvalue weighted by atomic mass is 19.1. The summed E-state index contributed by atoms with van der Waals surface area (Å²) in [5.41, 5.74) is 3.49. The number of nitrogens with zero attached hydrogens (tertiary/aromatic N) is 2. The Kier molecular flexibility index (Phi) is 4.36. The fourth-order valence-electron chi connectivity index (χ4n) is 2.68. The first-order valence-corrected chi connectivity index (χ1v) is 7.58. The van der Waals surface area contributed by atoms with E-state index in [1.165, 1.54) is 25.3 Å². The van der Waals surface area contributed by atoms with Crippen molar-refractivity contribution in [1.82, 2.24) is 4.98 Å². The summed E-state index contributed by atoms with van der Waals surface area (Å²) < 4.78 is 18.7. The second-order valence-corrected chi connectivity index (χ2v) is 5.52. The third-order valence-electron chi connectivity index (χ3n) is 3.92.